The molecule has 3 rings (SSSR count). The van der Waals surface area contributed by atoms with E-state index in [0.29, 0.717) is 24.1 Å². The van der Waals surface area contributed by atoms with Crippen molar-refractivity contribution < 1.29 is 9.47 Å². The highest BCUT2D eigenvalue weighted by Gasteiger charge is 2.07. The number of thioether (sulfide) groups is 1. The van der Waals surface area contributed by atoms with Crippen molar-refractivity contribution in [1.82, 2.24) is 14.9 Å². The fraction of sp³-hybridized carbons (Fsp3) is 0.250. The van der Waals surface area contributed by atoms with Gasteiger partial charge in [0.25, 0.3) is 0 Å². The van der Waals surface area contributed by atoms with Crippen molar-refractivity contribution in [2.24, 2.45) is 5.10 Å². The van der Waals surface area contributed by atoms with Gasteiger partial charge < -0.3 is 9.47 Å². The number of rotatable bonds is 9. The number of ether oxygens (including phenoxy) is 2. The number of aromatic nitrogens is 3. The molecular weight excluding hydrogens is 396 g/mol. The van der Waals surface area contributed by atoms with E-state index in [1.165, 1.54) is 0 Å². The molecular formula is C20H21ClN4O2S. The molecule has 1 heterocycles. The average molecular weight is 417 g/mol. The lowest BCUT2D eigenvalue weighted by molar-refractivity contribution is 0.288. The van der Waals surface area contributed by atoms with Gasteiger partial charge in [0.15, 0.2) is 11.5 Å². The van der Waals surface area contributed by atoms with Crippen molar-refractivity contribution >= 4 is 29.6 Å². The molecule has 3 aromatic rings. The van der Waals surface area contributed by atoms with E-state index in [-0.39, 0.29) is 0 Å². The second-order valence-electron chi connectivity index (χ2n) is 5.69. The van der Waals surface area contributed by atoms with Crippen LogP contribution in [0.2, 0.25) is 5.02 Å². The van der Waals surface area contributed by atoms with E-state index >= 15 is 0 Å². The van der Waals surface area contributed by atoms with Crippen molar-refractivity contribution in [2.45, 2.75) is 24.8 Å². The van der Waals surface area contributed by atoms with E-state index in [9.17, 15) is 0 Å². The summed E-state index contributed by atoms with van der Waals surface area (Å²) in [5, 5.41) is 14.0. The number of nitrogens with zero attached hydrogens (tertiary/aromatic N) is 4. The molecule has 0 saturated heterocycles. The third-order valence-electron chi connectivity index (χ3n) is 3.68. The lowest BCUT2D eigenvalue weighted by Gasteiger charge is -2.11. The highest BCUT2D eigenvalue weighted by molar-refractivity contribution is 7.98. The summed E-state index contributed by atoms with van der Waals surface area (Å²) < 4.78 is 12.9. The summed E-state index contributed by atoms with van der Waals surface area (Å²) in [6, 6.07) is 13.5. The second kappa shape index (κ2) is 10.1. The van der Waals surface area contributed by atoms with Crippen LogP contribution in [-0.2, 0) is 5.75 Å². The van der Waals surface area contributed by atoms with Gasteiger partial charge in [-0.1, -0.05) is 35.5 Å². The molecule has 1 aromatic heterocycles. The molecule has 0 radical (unpaired) electrons. The summed E-state index contributed by atoms with van der Waals surface area (Å²) in [7, 11) is 0. The van der Waals surface area contributed by atoms with Gasteiger partial charge in [-0.3, -0.25) is 0 Å². The third kappa shape index (κ3) is 5.50. The first-order valence-electron chi connectivity index (χ1n) is 8.91. The van der Waals surface area contributed by atoms with Gasteiger partial charge in [-0.05, 0) is 55.3 Å². The van der Waals surface area contributed by atoms with E-state index in [1.54, 1.807) is 29.0 Å². The van der Waals surface area contributed by atoms with Gasteiger partial charge in [0.1, 0.15) is 6.33 Å². The van der Waals surface area contributed by atoms with Crippen LogP contribution in [0.3, 0.4) is 0 Å². The molecule has 0 saturated carbocycles. The number of hydrogen-bond donors (Lipinski definition) is 0. The van der Waals surface area contributed by atoms with Crippen LogP contribution in [0.15, 0.2) is 59.0 Å². The van der Waals surface area contributed by atoms with Gasteiger partial charge >= 0.3 is 0 Å². The Bertz CT molecular complexity index is 928. The van der Waals surface area contributed by atoms with Crippen LogP contribution in [0.1, 0.15) is 25.0 Å². The van der Waals surface area contributed by atoms with Crippen LogP contribution in [0, 0.1) is 0 Å². The van der Waals surface area contributed by atoms with Gasteiger partial charge in [-0.15, -0.1) is 10.2 Å². The minimum Gasteiger partial charge on any atom is -0.490 e. The summed E-state index contributed by atoms with van der Waals surface area (Å²) in [6.45, 7) is 5.04. The topological polar surface area (TPSA) is 61.5 Å². The summed E-state index contributed by atoms with van der Waals surface area (Å²) in [4.78, 5) is 0. The SMILES string of the molecule is CCOc1ccc(/C=N\n2cnnc2SCc2ccc(Cl)cc2)cc1OCC. The largest absolute Gasteiger partial charge is 0.490 e. The van der Waals surface area contributed by atoms with Crippen molar-refractivity contribution in [2.75, 3.05) is 13.2 Å². The lowest BCUT2D eigenvalue weighted by atomic mass is 10.2. The maximum absolute atomic E-state index is 5.93. The Hall–Kier alpha value is -2.51. The Morgan fingerprint density at radius 1 is 1.07 bits per heavy atom. The van der Waals surface area contributed by atoms with E-state index < -0.39 is 0 Å². The fourth-order valence-corrected chi connectivity index (χ4v) is 3.34. The Morgan fingerprint density at radius 3 is 2.57 bits per heavy atom. The number of halogens is 1. The molecule has 0 aliphatic carbocycles. The molecule has 6 nitrogen and oxygen atoms in total. The minimum atomic E-state index is 0.567. The quantitative estimate of drug-likeness (QED) is 0.366. The van der Waals surface area contributed by atoms with E-state index in [0.717, 1.165) is 27.7 Å². The molecule has 0 amide bonds. The van der Waals surface area contributed by atoms with Crippen LogP contribution < -0.4 is 9.47 Å². The molecule has 8 heteroatoms. The smallest absolute Gasteiger partial charge is 0.212 e. The highest BCUT2D eigenvalue weighted by Crippen LogP contribution is 2.28. The molecule has 28 heavy (non-hydrogen) atoms. The zero-order valence-corrected chi connectivity index (χ0v) is 17.3. The maximum Gasteiger partial charge on any atom is 0.212 e. The highest BCUT2D eigenvalue weighted by atomic mass is 35.5. The predicted molar refractivity (Wildman–Crippen MR) is 113 cm³/mol. The van der Waals surface area contributed by atoms with Crippen LogP contribution in [0.5, 0.6) is 11.5 Å². The summed E-state index contributed by atoms with van der Waals surface area (Å²) >= 11 is 7.48. The molecule has 2 aromatic carbocycles. The maximum atomic E-state index is 5.93. The first-order valence-corrected chi connectivity index (χ1v) is 10.3. The fourth-order valence-electron chi connectivity index (χ4n) is 2.40. The van der Waals surface area contributed by atoms with Crippen LogP contribution >= 0.6 is 23.4 Å². The number of benzene rings is 2. The monoisotopic (exact) mass is 416 g/mol. The van der Waals surface area contributed by atoms with Gasteiger partial charge in [0, 0.05) is 10.8 Å². The van der Waals surface area contributed by atoms with Crippen molar-refractivity contribution in [1.29, 1.82) is 0 Å². The predicted octanol–water partition coefficient (Wildman–Crippen LogP) is 4.90. The van der Waals surface area contributed by atoms with Crippen LogP contribution in [0.25, 0.3) is 0 Å². The molecule has 0 aliphatic rings. The van der Waals surface area contributed by atoms with E-state index in [4.69, 9.17) is 21.1 Å². The van der Waals surface area contributed by atoms with E-state index in [1.807, 2.05) is 56.3 Å². The normalized spacial score (nSPS) is 11.1. The molecule has 0 N–H and O–H groups in total. The first-order chi connectivity index (χ1) is 13.7. The Kier molecular flexibility index (Phi) is 7.33. The third-order valence-corrected chi connectivity index (χ3v) is 4.94. The zero-order chi connectivity index (χ0) is 19.8. The molecule has 0 bridgehead atoms. The van der Waals surface area contributed by atoms with Crippen LogP contribution in [-0.4, -0.2) is 34.3 Å². The minimum absolute atomic E-state index is 0.567. The van der Waals surface area contributed by atoms with Gasteiger partial charge in [-0.2, -0.15) is 9.78 Å². The zero-order valence-electron chi connectivity index (χ0n) is 15.7. The van der Waals surface area contributed by atoms with Crippen molar-refractivity contribution in [3.8, 4) is 11.5 Å². The number of hydrogen-bond acceptors (Lipinski definition) is 6. The Labute approximate surface area is 173 Å². The standard InChI is InChI=1S/C20H21ClN4O2S/c1-3-26-18-10-7-16(11-19(18)27-4-2)12-23-25-14-22-24-20(25)28-13-15-5-8-17(21)9-6-15/h5-12,14H,3-4,13H2,1-2H3/b23-12-. The van der Waals surface area contributed by atoms with Gasteiger partial charge in [0.2, 0.25) is 5.16 Å². The first kappa shape index (κ1) is 20.2. The summed E-state index contributed by atoms with van der Waals surface area (Å²) in [5.41, 5.74) is 2.05. The van der Waals surface area contributed by atoms with Crippen LogP contribution in [0.4, 0.5) is 0 Å². The molecule has 146 valence electrons. The Balaban J connectivity index is 1.70. The average Bonchev–Trinajstić information content (AvgIpc) is 3.15. The molecule has 0 unspecified atom stereocenters. The Morgan fingerprint density at radius 2 is 1.82 bits per heavy atom. The summed E-state index contributed by atoms with van der Waals surface area (Å²) in [5.74, 6) is 2.18. The molecule has 0 fully saturated rings. The molecule has 0 aliphatic heterocycles. The summed E-state index contributed by atoms with van der Waals surface area (Å²) in [6.07, 6.45) is 3.33. The van der Waals surface area contributed by atoms with Crippen molar-refractivity contribution in [3.05, 3.63) is 64.9 Å². The van der Waals surface area contributed by atoms with Crippen molar-refractivity contribution in [3.63, 3.8) is 0 Å². The molecule has 0 spiro atoms. The van der Waals surface area contributed by atoms with Gasteiger partial charge in [0.05, 0.1) is 19.4 Å². The van der Waals surface area contributed by atoms with Gasteiger partial charge in [-0.25, -0.2) is 0 Å². The lowest BCUT2D eigenvalue weighted by Crippen LogP contribution is -1.99. The molecule has 0 atom stereocenters. The second-order valence-corrected chi connectivity index (χ2v) is 7.07. The van der Waals surface area contributed by atoms with E-state index in [2.05, 4.69) is 15.3 Å².